The molecule has 0 saturated heterocycles. The maximum Gasteiger partial charge on any atom is 0.240 e. The van der Waals surface area contributed by atoms with Crippen LogP contribution in [0.4, 0.5) is 0 Å². The molecule has 0 unspecified atom stereocenters. The molecular formula is C18H19Cl2N3O4. The number of aromatic hydroxyl groups is 1. The zero-order chi connectivity index (χ0) is 19.8. The molecule has 144 valence electrons. The fraction of sp³-hybridized carbons (Fsp3) is 0.278. The fourth-order valence-electron chi connectivity index (χ4n) is 2.15. The van der Waals surface area contributed by atoms with Crippen molar-refractivity contribution < 1.29 is 19.7 Å². The monoisotopic (exact) mass is 411 g/mol. The largest absolute Gasteiger partial charge is 0.505 e. The molecule has 1 aromatic heterocycles. The van der Waals surface area contributed by atoms with Gasteiger partial charge >= 0.3 is 0 Å². The van der Waals surface area contributed by atoms with Crippen molar-refractivity contribution in [3.63, 3.8) is 0 Å². The fourth-order valence-corrected chi connectivity index (χ4v) is 2.62. The van der Waals surface area contributed by atoms with Crippen LogP contribution in [0, 0.1) is 6.92 Å². The predicted molar refractivity (Wildman–Crippen MR) is 103 cm³/mol. The third kappa shape index (κ3) is 6.09. The van der Waals surface area contributed by atoms with E-state index in [2.05, 4.69) is 15.5 Å². The molecule has 0 aliphatic heterocycles. The number of carbonyl (C=O) groups is 1. The second-order valence-corrected chi connectivity index (χ2v) is 6.45. The minimum atomic E-state index is -0.312. The lowest BCUT2D eigenvalue weighted by Crippen LogP contribution is -2.18. The summed E-state index contributed by atoms with van der Waals surface area (Å²) >= 11 is 11.8. The first kappa shape index (κ1) is 21.0. The van der Waals surface area contributed by atoms with Gasteiger partial charge in [-0.1, -0.05) is 23.2 Å². The summed E-state index contributed by atoms with van der Waals surface area (Å²) in [5, 5.41) is 24.0. The molecule has 0 saturated carbocycles. The molecule has 0 aliphatic rings. The highest BCUT2D eigenvalue weighted by Crippen LogP contribution is 2.27. The average Bonchev–Trinajstić information content (AvgIpc) is 2.64. The van der Waals surface area contributed by atoms with E-state index in [1.54, 1.807) is 25.1 Å². The number of nitrogens with zero attached hydrogens (tertiary/aromatic N) is 2. The van der Waals surface area contributed by atoms with Gasteiger partial charge in [-0.15, -0.1) is 0 Å². The second-order valence-electron chi connectivity index (χ2n) is 5.61. The molecule has 1 amide bonds. The van der Waals surface area contributed by atoms with E-state index >= 15 is 0 Å². The summed E-state index contributed by atoms with van der Waals surface area (Å²) in [6.07, 6.45) is 3.37. The van der Waals surface area contributed by atoms with Gasteiger partial charge in [0.15, 0.2) is 0 Å². The Morgan fingerprint density at radius 3 is 2.89 bits per heavy atom. The van der Waals surface area contributed by atoms with Crippen molar-refractivity contribution in [1.29, 1.82) is 0 Å². The van der Waals surface area contributed by atoms with Gasteiger partial charge in [0.05, 0.1) is 30.1 Å². The van der Waals surface area contributed by atoms with Crippen molar-refractivity contribution in [2.24, 2.45) is 5.10 Å². The molecule has 0 fully saturated rings. The molecule has 1 heterocycles. The Morgan fingerprint density at radius 1 is 1.41 bits per heavy atom. The van der Waals surface area contributed by atoms with Gasteiger partial charge in [0.2, 0.25) is 5.91 Å². The van der Waals surface area contributed by atoms with Crippen LogP contribution in [-0.4, -0.2) is 33.9 Å². The number of aryl methyl sites for hydroxylation is 1. The molecule has 0 aliphatic carbocycles. The molecule has 0 spiro atoms. The molecule has 3 N–H and O–H groups in total. The van der Waals surface area contributed by atoms with Crippen molar-refractivity contribution in [2.45, 2.75) is 26.4 Å². The van der Waals surface area contributed by atoms with E-state index in [-0.39, 0.29) is 24.7 Å². The molecular weight excluding hydrogens is 393 g/mol. The zero-order valence-corrected chi connectivity index (χ0v) is 16.1. The minimum absolute atomic E-state index is 0.0900. The molecule has 9 heteroatoms. The van der Waals surface area contributed by atoms with Crippen LogP contribution in [0.25, 0.3) is 0 Å². The van der Waals surface area contributed by atoms with Gasteiger partial charge in [-0.25, -0.2) is 5.43 Å². The number of pyridine rings is 1. The molecule has 0 bridgehead atoms. The van der Waals surface area contributed by atoms with E-state index in [0.29, 0.717) is 45.6 Å². The number of carbonyl (C=O) groups excluding carboxylic acids is 1. The molecule has 7 nitrogen and oxygen atoms in total. The Bertz CT molecular complexity index is 844. The first-order chi connectivity index (χ1) is 12.9. The molecule has 2 aromatic rings. The van der Waals surface area contributed by atoms with Crippen molar-refractivity contribution >= 4 is 35.3 Å². The molecule has 1 aromatic carbocycles. The minimum Gasteiger partial charge on any atom is -0.505 e. The van der Waals surface area contributed by atoms with Crippen LogP contribution in [0.3, 0.4) is 0 Å². The third-order valence-corrected chi connectivity index (χ3v) is 4.14. The number of halogens is 2. The van der Waals surface area contributed by atoms with Gasteiger partial charge < -0.3 is 14.9 Å². The van der Waals surface area contributed by atoms with Crippen molar-refractivity contribution in [1.82, 2.24) is 10.4 Å². The number of ether oxygens (including phenoxy) is 1. The number of amides is 1. The highest BCUT2D eigenvalue weighted by molar-refractivity contribution is 6.35. The van der Waals surface area contributed by atoms with Gasteiger partial charge in [0.1, 0.15) is 11.5 Å². The Hall–Kier alpha value is -2.35. The van der Waals surface area contributed by atoms with Gasteiger partial charge in [0, 0.05) is 28.8 Å². The highest BCUT2D eigenvalue weighted by Gasteiger charge is 2.09. The van der Waals surface area contributed by atoms with Crippen LogP contribution >= 0.6 is 23.2 Å². The van der Waals surface area contributed by atoms with Crippen LogP contribution < -0.4 is 10.2 Å². The Kier molecular flexibility index (Phi) is 7.84. The van der Waals surface area contributed by atoms with Crippen molar-refractivity contribution in [3.8, 4) is 11.5 Å². The first-order valence-electron chi connectivity index (χ1n) is 8.10. The van der Waals surface area contributed by atoms with Crippen LogP contribution in [0.15, 0.2) is 29.5 Å². The molecule has 27 heavy (non-hydrogen) atoms. The third-order valence-electron chi connectivity index (χ3n) is 3.61. The smallest absolute Gasteiger partial charge is 0.240 e. The summed E-state index contributed by atoms with van der Waals surface area (Å²) < 4.78 is 5.50. The van der Waals surface area contributed by atoms with E-state index in [1.165, 1.54) is 12.4 Å². The summed E-state index contributed by atoms with van der Waals surface area (Å²) in [4.78, 5) is 15.8. The van der Waals surface area contributed by atoms with Crippen LogP contribution in [0.2, 0.25) is 10.0 Å². The van der Waals surface area contributed by atoms with Crippen LogP contribution in [0.1, 0.15) is 29.7 Å². The standard InChI is InChI=1S/C18H19Cl2N3O4/c1-11-18(26)14(12(10-24)8-21-11)9-22-23-17(25)3-2-6-27-16-5-4-13(19)7-15(16)20/h4-5,7-9,24,26H,2-3,6,10H2,1H3,(H,23,25)/b22-9-. The Balaban J connectivity index is 1.80. The number of aliphatic hydroxyl groups is 1. The Morgan fingerprint density at radius 2 is 2.19 bits per heavy atom. The number of aromatic nitrogens is 1. The van der Waals surface area contributed by atoms with Gasteiger partial charge in [-0.05, 0) is 31.5 Å². The normalized spacial score (nSPS) is 11.0. The van der Waals surface area contributed by atoms with E-state index in [9.17, 15) is 15.0 Å². The SMILES string of the molecule is Cc1ncc(CO)c(/C=N\NC(=O)CCCOc2ccc(Cl)cc2Cl)c1O. The predicted octanol–water partition coefficient (Wildman–Crippen LogP) is 3.20. The quantitative estimate of drug-likeness (QED) is 0.351. The number of hydrogen-bond acceptors (Lipinski definition) is 6. The van der Waals surface area contributed by atoms with Crippen molar-refractivity contribution in [3.05, 3.63) is 51.3 Å². The second kappa shape index (κ2) is 10.1. The number of aliphatic hydroxyl groups excluding tert-OH is 1. The number of hydrogen-bond donors (Lipinski definition) is 3. The summed E-state index contributed by atoms with van der Waals surface area (Å²) in [6.45, 7) is 1.62. The average molecular weight is 412 g/mol. The van der Waals surface area contributed by atoms with Gasteiger partial charge in [0.25, 0.3) is 0 Å². The molecule has 2 rings (SSSR count). The van der Waals surface area contributed by atoms with Crippen molar-refractivity contribution in [2.75, 3.05) is 6.61 Å². The number of nitrogens with one attached hydrogen (secondary N) is 1. The van der Waals surface area contributed by atoms with Crippen LogP contribution in [-0.2, 0) is 11.4 Å². The maximum atomic E-state index is 11.8. The lowest BCUT2D eigenvalue weighted by Gasteiger charge is -2.08. The van der Waals surface area contributed by atoms with E-state index < -0.39 is 0 Å². The number of rotatable bonds is 8. The van der Waals surface area contributed by atoms with E-state index in [0.717, 1.165) is 0 Å². The maximum absolute atomic E-state index is 11.8. The van der Waals surface area contributed by atoms with Gasteiger partial charge in [-0.2, -0.15) is 5.10 Å². The zero-order valence-electron chi connectivity index (χ0n) is 14.6. The highest BCUT2D eigenvalue weighted by atomic mass is 35.5. The summed E-state index contributed by atoms with van der Waals surface area (Å²) in [7, 11) is 0. The van der Waals surface area contributed by atoms with E-state index in [4.69, 9.17) is 27.9 Å². The topological polar surface area (TPSA) is 104 Å². The lowest BCUT2D eigenvalue weighted by molar-refractivity contribution is -0.121. The Labute approximate surface area is 166 Å². The number of benzene rings is 1. The lowest BCUT2D eigenvalue weighted by atomic mass is 10.1. The molecule has 0 radical (unpaired) electrons. The van der Waals surface area contributed by atoms with E-state index in [1.807, 2.05) is 0 Å². The number of hydrazone groups is 1. The summed E-state index contributed by atoms with van der Waals surface area (Å²) in [6, 6.07) is 4.91. The summed E-state index contributed by atoms with van der Waals surface area (Å²) in [5.41, 5.74) is 3.48. The van der Waals surface area contributed by atoms with Crippen LogP contribution in [0.5, 0.6) is 11.5 Å². The molecule has 0 atom stereocenters. The summed E-state index contributed by atoms with van der Waals surface area (Å²) in [5.74, 6) is 0.0974. The first-order valence-corrected chi connectivity index (χ1v) is 8.86. The van der Waals surface area contributed by atoms with Gasteiger partial charge in [-0.3, -0.25) is 9.78 Å².